The largest absolute Gasteiger partial charge is 0.492 e. The number of hydrogen-bond acceptors (Lipinski definition) is 8. The van der Waals surface area contributed by atoms with Crippen molar-refractivity contribution < 1.29 is 38.4 Å². The van der Waals surface area contributed by atoms with Gasteiger partial charge >= 0.3 is 5.97 Å². The molecule has 2 aromatic carbocycles. The number of carboxylic acids is 1. The fraction of sp³-hybridized carbons (Fsp3) is 0.407. The van der Waals surface area contributed by atoms with Crippen molar-refractivity contribution in [2.75, 3.05) is 72.6 Å². The Hall–Kier alpha value is -3.19. The van der Waals surface area contributed by atoms with Gasteiger partial charge in [-0.05, 0) is 29.8 Å². The number of ether oxygens (including phenoxy) is 5. The molecule has 12 heteroatoms. The molecule has 0 saturated carbocycles. The van der Waals surface area contributed by atoms with Crippen LogP contribution in [0.2, 0.25) is 5.02 Å². The van der Waals surface area contributed by atoms with Gasteiger partial charge in [0.05, 0.1) is 63.4 Å². The van der Waals surface area contributed by atoms with Crippen molar-refractivity contribution in [1.82, 2.24) is 10.3 Å². The second-order valence-corrected chi connectivity index (χ2v) is 8.69. The molecule has 3 rings (SSSR count). The van der Waals surface area contributed by atoms with Crippen LogP contribution in [-0.4, -0.2) is 94.5 Å². The smallest absolute Gasteiger partial charge is 0.337 e. The normalized spacial score (nSPS) is 11.1. The summed E-state index contributed by atoms with van der Waals surface area (Å²) in [5.74, 6) is -0.631. The number of H-pyrrole nitrogens is 1. The molecule has 212 valence electrons. The summed E-state index contributed by atoms with van der Waals surface area (Å²) in [6.07, 6.45) is 1.45. The Balaban J connectivity index is 1.28. The second-order valence-electron chi connectivity index (χ2n) is 8.29. The lowest BCUT2D eigenvalue weighted by Crippen LogP contribution is -2.31. The second kappa shape index (κ2) is 16.7. The van der Waals surface area contributed by atoms with E-state index in [0.717, 1.165) is 5.56 Å². The van der Waals surface area contributed by atoms with E-state index >= 15 is 0 Å². The molecule has 0 bridgehead atoms. The number of benzene rings is 2. The van der Waals surface area contributed by atoms with Gasteiger partial charge in [-0.2, -0.15) is 0 Å². The highest BCUT2D eigenvalue weighted by Gasteiger charge is 2.14. The van der Waals surface area contributed by atoms with Crippen LogP contribution in [0.3, 0.4) is 0 Å². The number of nitrogens with two attached hydrogens (primary N) is 1. The number of aromatic nitrogens is 1. The molecule has 5 N–H and O–H groups in total. The summed E-state index contributed by atoms with van der Waals surface area (Å²) in [5.41, 5.74) is 7.70. The summed E-state index contributed by atoms with van der Waals surface area (Å²) in [6, 6.07) is 10.7. The quantitative estimate of drug-likeness (QED) is 0.161. The first kappa shape index (κ1) is 30.4. The highest BCUT2D eigenvalue weighted by Crippen LogP contribution is 2.34. The lowest BCUT2D eigenvalue weighted by molar-refractivity contribution is -0.126. The molecule has 0 atom stereocenters. The van der Waals surface area contributed by atoms with E-state index in [4.69, 9.17) is 41.0 Å². The van der Waals surface area contributed by atoms with Gasteiger partial charge < -0.3 is 44.8 Å². The van der Waals surface area contributed by atoms with Crippen LogP contribution < -0.4 is 15.8 Å². The van der Waals surface area contributed by atoms with Crippen LogP contribution >= 0.6 is 11.6 Å². The van der Waals surface area contributed by atoms with Crippen LogP contribution in [0.4, 0.5) is 0 Å². The summed E-state index contributed by atoms with van der Waals surface area (Å²) in [6.45, 7) is 4.11. The third-order valence-electron chi connectivity index (χ3n) is 5.47. The zero-order valence-electron chi connectivity index (χ0n) is 21.6. The van der Waals surface area contributed by atoms with Crippen molar-refractivity contribution >= 4 is 34.4 Å². The van der Waals surface area contributed by atoms with Gasteiger partial charge in [-0.3, -0.25) is 4.79 Å². The van der Waals surface area contributed by atoms with Crippen LogP contribution in [0.1, 0.15) is 10.4 Å². The molecule has 11 nitrogen and oxygen atoms in total. The Morgan fingerprint density at radius 2 is 1.54 bits per heavy atom. The van der Waals surface area contributed by atoms with E-state index in [-0.39, 0.29) is 24.7 Å². The van der Waals surface area contributed by atoms with Crippen molar-refractivity contribution in [2.24, 2.45) is 5.73 Å². The van der Waals surface area contributed by atoms with E-state index < -0.39 is 5.97 Å². The van der Waals surface area contributed by atoms with E-state index in [1.165, 1.54) is 6.20 Å². The Bertz CT molecular complexity index is 1190. The monoisotopic (exact) mass is 563 g/mol. The van der Waals surface area contributed by atoms with Gasteiger partial charge in [0.15, 0.2) is 0 Å². The molecule has 0 aliphatic rings. The zero-order chi connectivity index (χ0) is 27.9. The first-order valence-electron chi connectivity index (χ1n) is 12.5. The van der Waals surface area contributed by atoms with Crippen molar-refractivity contribution in [3.63, 3.8) is 0 Å². The van der Waals surface area contributed by atoms with Crippen LogP contribution in [0.25, 0.3) is 22.0 Å². The summed E-state index contributed by atoms with van der Waals surface area (Å²) < 4.78 is 26.9. The van der Waals surface area contributed by atoms with E-state index in [9.17, 15) is 14.7 Å². The maximum Gasteiger partial charge on any atom is 0.337 e. The van der Waals surface area contributed by atoms with Crippen molar-refractivity contribution in [3.8, 4) is 16.9 Å². The number of carbonyl (C=O) groups is 2. The number of fused-ring (bicyclic) bond motifs is 1. The number of nitrogens with one attached hydrogen (secondary N) is 2. The SMILES string of the molecule is NCCOCCOCCOCCOCC(=O)NCCOc1ccc(-c2cc3c(C(=O)O)c[nH]c3cc2Cl)cc1. The Morgan fingerprint density at radius 3 is 2.18 bits per heavy atom. The zero-order valence-corrected chi connectivity index (χ0v) is 22.3. The van der Waals surface area contributed by atoms with Gasteiger partial charge in [0, 0.05) is 29.2 Å². The van der Waals surface area contributed by atoms with E-state index in [2.05, 4.69) is 10.3 Å². The molecule has 0 fully saturated rings. The number of hydrogen-bond donors (Lipinski definition) is 4. The summed E-state index contributed by atoms with van der Waals surface area (Å²) in [4.78, 5) is 26.3. The standard InChI is InChI=1S/C27H34ClN3O8/c28-24-16-25-22(23(17-31-25)27(33)34)15-21(24)19-1-3-20(4-2-19)39-8-6-30-26(32)18-38-14-13-37-12-11-36-10-9-35-7-5-29/h1-4,15-17,31H,5-14,18,29H2,(H,30,32)(H,33,34). The summed E-state index contributed by atoms with van der Waals surface area (Å²) in [5, 5.41) is 13.2. The predicted molar refractivity (Wildman–Crippen MR) is 147 cm³/mol. The molecular weight excluding hydrogens is 530 g/mol. The average Bonchev–Trinajstić information content (AvgIpc) is 3.34. The molecule has 0 saturated heterocycles. The number of carbonyl (C=O) groups excluding carboxylic acids is 1. The third kappa shape index (κ3) is 10.1. The molecular formula is C27H34ClN3O8. The number of amides is 1. The molecule has 0 radical (unpaired) electrons. The molecule has 3 aromatic rings. The lowest BCUT2D eigenvalue weighted by Gasteiger charge is -2.10. The highest BCUT2D eigenvalue weighted by molar-refractivity contribution is 6.34. The molecule has 0 aliphatic carbocycles. The molecule has 0 aliphatic heterocycles. The first-order valence-corrected chi connectivity index (χ1v) is 12.9. The average molecular weight is 564 g/mol. The van der Waals surface area contributed by atoms with E-state index in [1.807, 2.05) is 12.1 Å². The molecule has 0 spiro atoms. The van der Waals surface area contributed by atoms with Gasteiger partial charge in [-0.1, -0.05) is 23.7 Å². The Kier molecular flexibility index (Phi) is 13.0. The summed E-state index contributed by atoms with van der Waals surface area (Å²) in [7, 11) is 0. The minimum Gasteiger partial charge on any atom is -0.492 e. The van der Waals surface area contributed by atoms with Crippen LogP contribution in [0.5, 0.6) is 5.75 Å². The fourth-order valence-corrected chi connectivity index (χ4v) is 3.86. The van der Waals surface area contributed by atoms with Crippen molar-refractivity contribution in [3.05, 3.63) is 53.2 Å². The number of aromatic carboxylic acids is 1. The highest BCUT2D eigenvalue weighted by atomic mass is 35.5. The van der Waals surface area contributed by atoms with Gasteiger partial charge in [-0.15, -0.1) is 0 Å². The molecule has 1 aromatic heterocycles. The van der Waals surface area contributed by atoms with Crippen LogP contribution in [-0.2, 0) is 23.7 Å². The number of rotatable bonds is 19. The van der Waals surface area contributed by atoms with Crippen LogP contribution in [0, 0.1) is 0 Å². The molecule has 1 heterocycles. The minimum absolute atomic E-state index is 0.0666. The summed E-state index contributed by atoms with van der Waals surface area (Å²) >= 11 is 6.43. The third-order valence-corrected chi connectivity index (χ3v) is 5.78. The fourth-order valence-electron chi connectivity index (χ4n) is 3.59. The predicted octanol–water partition coefficient (Wildman–Crippen LogP) is 2.71. The van der Waals surface area contributed by atoms with Gasteiger partial charge in [0.2, 0.25) is 5.91 Å². The van der Waals surface area contributed by atoms with Gasteiger partial charge in [0.1, 0.15) is 19.0 Å². The van der Waals surface area contributed by atoms with E-state index in [0.29, 0.717) is 86.6 Å². The molecule has 0 unspecified atom stereocenters. The van der Waals surface area contributed by atoms with Gasteiger partial charge in [-0.25, -0.2) is 4.79 Å². The van der Waals surface area contributed by atoms with Crippen molar-refractivity contribution in [2.45, 2.75) is 0 Å². The van der Waals surface area contributed by atoms with Crippen LogP contribution in [0.15, 0.2) is 42.6 Å². The maximum absolute atomic E-state index is 11.9. The Morgan fingerprint density at radius 1 is 0.897 bits per heavy atom. The molecule has 1 amide bonds. The topological polar surface area (TPSA) is 154 Å². The Labute approximate surface area is 231 Å². The number of halogens is 1. The number of aromatic amines is 1. The maximum atomic E-state index is 11.9. The van der Waals surface area contributed by atoms with Crippen molar-refractivity contribution in [1.29, 1.82) is 0 Å². The van der Waals surface area contributed by atoms with E-state index in [1.54, 1.807) is 24.3 Å². The molecule has 39 heavy (non-hydrogen) atoms. The number of carboxylic acid groups (broad SMARTS) is 1. The lowest BCUT2D eigenvalue weighted by atomic mass is 10.0. The first-order chi connectivity index (χ1) is 19.0. The minimum atomic E-state index is -1.01. The van der Waals surface area contributed by atoms with Gasteiger partial charge in [0.25, 0.3) is 0 Å².